The molecule has 19 heavy (non-hydrogen) atoms. The van der Waals surface area contributed by atoms with Crippen molar-refractivity contribution in [3.63, 3.8) is 0 Å². The predicted octanol–water partition coefficient (Wildman–Crippen LogP) is 1.25. The largest absolute Gasteiger partial charge is 0.387 e. The Balaban J connectivity index is 1.81. The van der Waals surface area contributed by atoms with Crippen molar-refractivity contribution in [2.45, 2.75) is 6.10 Å². The SMILES string of the molecule is OC(CN1CCNCC1)c1c[nH]c2c(F)cccc12. The number of aromatic amines is 1. The summed E-state index contributed by atoms with van der Waals surface area (Å²) in [4.78, 5) is 5.13. The average Bonchev–Trinajstić information content (AvgIpc) is 2.85. The van der Waals surface area contributed by atoms with Gasteiger partial charge in [-0.15, -0.1) is 0 Å². The highest BCUT2D eigenvalue weighted by Crippen LogP contribution is 2.26. The highest BCUT2D eigenvalue weighted by atomic mass is 19.1. The zero-order valence-electron chi connectivity index (χ0n) is 10.7. The van der Waals surface area contributed by atoms with Crippen molar-refractivity contribution < 1.29 is 9.50 Å². The van der Waals surface area contributed by atoms with E-state index >= 15 is 0 Å². The summed E-state index contributed by atoms with van der Waals surface area (Å²) in [6.07, 6.45) is 1.12. The van der Waals surface area contributed by atoms with Crippen LogP contribution in [0.3, 0.4) is 0 Å². The first-order valence-electron chi connectivity index (χ1n) is 6.62. The number of hydrogen-bond donors (Lipinski definition) is 3. The molecule has 1 saturated heterocycles. The third-order valence-corrected chi connectivity index (χ3v) is 3.70. The highest BCUT2D eigenvalue weighted by Gasteiger charge is 2.19. The average molecular weight is 263 g/mol. The number of para-hydroxylation sites is 1. The lowest BCUT2D eigenvalue weighted by Crippen LogP contribution is -2.44. The van der Waals surface area contributed by atoms with Crippen molar-refractivity contribution in [1.82, 2.24) is 15.2 Å². The van der Waals surface area contributed by atoms with Crippen molar-refractivity contribution in [2.75, 3.05) is 32.7 Å². The molecule has 1 atom stereocenters. The minimum absolute atomic E-state index is 0.280. The van der Waals surface area contributed by atoms with Gasteiger partial charge >= 0.3 is 0 Å². The van der Waals surface area contributed by atoms with Gasteiger partial charge in [0, 0.05) is 49.9 Å². The number of aliphatic hydroxyl groups is 1. The summed E-state index contributed by atoms with van der Waals surface area (Å²) in [5.74, 6) is -0.280. The molecule has 3 N–H and O–H groups in total. The fourth-order valence-corrected chi connectivity index (χ4v) is 2.65. The van der Waals surface area contributed by atoms with Gasteiger partial charge in [0.25, 0.3) is 0 Å². The maximum atomic E-state index is 13.6. The predicted molar refractivity (Wildman–Crippen MR) is 72.5 cm³/mol. The Hall–Kier alpha value is -1.43. The molecule has 1 aromatic carbocycles. The van der Waals surface area contributed by atoms with Gasteiger partial charge in [0.05, 0.1) is 11.6 Å². The summed E-state index contributed by atoms with van der Waals surface area (Å²) < 4.78 is 13.6. The van der Waals surface area contributed by atoms with Gasteiger partial charge in [-0.2, -0.15) is 0 Å². The van der Waals surface area contributed by atoms with Gasteiger partial charge in [0.2, 0.25) is 0 Å². The second kappa shape index (κ2) is 5.28. The van der Waals surface area contributed by atoms with E-state index in [1.807, 2.05) is 6.07 Å². The lowest BCUT2D eigenvalue weighted by Gasteiger charge is -2.29. The lowest BCUT2D eigenvalue weighted by molar-refractivity contribution is 0.106. The molecule has 0 aliphatic carbocycles. The number of hydrogen-bond acceptors (Lipinski definition) is 3. The van der Waals surface area contributed by atoms with Crippen molar-refractivity contribution in [1.29, 1.82) is 0 Å². The van der Waals surface area contributed by atoms with E-state index in [1.165, 1.54) is 6.07 Å². The molecular formula is C14H18FN3O. The molecule has 2 aromatic rings. The molecular weight excluding hydrogens is 245 g/mol. The van der Waals surface area contributed by atoms with Crippen LogP contribution in [0.5, 0.6) is 0 Å². The summed E-state index contributed by atoms with van der Waals surface area (Å²) >= 11 is 0. The van der Waals surface area contributed by atoms with Gasteiger partial charge in [-0.1, -0.05) is 12.1 Å². The summed E-state index contributed by atoms with van der Waals surface area (Å²) in [7, 11) is 0. The van der Waals surface area contributed by atoms with Crippen LogP contribution in [0.15, 0.2) is 24.4 Å². The van der Waals surface area contributed by atoms with Crippen LogP contribution in [0.1, 0.15) is 11.7 Å². The number of nitrogens with one attached hydrogen (secondary N) is 2. The van der Waals surface area contributed by atoms with Crippen molar-refractivity contribution >= 4 is 10.9 Å². The van der Waals surface area contributed by atoms with Crippen LogP contribution < -0.4 is 5.32 Å². The molecule has 3 rings (SSSR count). The maximum Gasteiger partial charge on any atom is 0.147 e. The molecule has 102 valence electrons. The Morgan fingerprint density at radius 1 is 1.32 bits per heavy atom. The van der Waals surface area contributed by atoms with E-state index in [4.69, 9.17) is 0 Å². The molecule has 0 radical (unpaired) electrons. The van der Waals surface area contributed by atoms with Gasteiger partial charge in [-0.05, 0) is 6.07 Å². The zero-order chi connectivity index (χ0) is 13.2. The Morgan fingerprint density at radius 2 is 2.11 bits per heavy atom. The summed E-state index contributed by atoms with van der Waals surface area (Å²) in [5, 5.41) is 14.4. The van der Waals surface area contributed by atoms with Crippen LogP contribution in [0.2, 0.25) is 0 Å². The summed E-state index contributed by atoms with van der Waals surface area (Å²) in [6, 6.07) is 4.93. The molecule has 0 spiro atoms. The van der Waals surface area contributed by atoms with Crippen LogP contribution in [-0.4, -0.2) is 47.7 Å². The number of nitrogens with zero attached hydrogens (tertiary/aromatic N) is 1. The van der Waals surface area contributed by atoms with Crippen molar-refractivity contribution in [2.24, 2.45) is 0 Å². The second-order valence-corrected chi connectivity index (χ2v) is 4.97. The Morgan fingerprint density at radius 3 is 2.89 bits per heavy atom. The van der Waals surface area contributed by atoms with Crippen LogP contribution >= 0.6 is 0 Å². The Kier molecular flexibility index (Phi) is 3.50. The van der Waals surface area contributed by atoms with E-state index in [9.17, 15) is 9.50 Å². The monoisotopic (exact) mass is 263 g/mol. The first-order valence-corrected chi connectivity index (χ1v) is 6.62. The molecule has 0 saturated carbocycles. The minimum atomic E-state index is -0.589. The van der Waals surface area contributed by atoms with E-state index in [0.29, 0.717) is 12.1 Å². The molecule has 2 heterocycles. The van der Waals surface area contributed by atoms with Crippen molar-refractivity contribution in [3.05, 3.63) is 35.8 Å². The van der Waals surface area contributed by atoms with Gasteiger partial charge < -0.3 is 15.4 Å². The maximum absolute atomic E-state index is 13.6. The van der Waals surface area contributed by atoms with Gasteiger partial charge in [0.15, 0.2) is 0 Å². The van der Waals surface area contributed by atoms with E-state index < -0.39 is 6.10 Å². The van der Waals surface area contributed by atoms with Gasteiger partial charge in [-0.25, -0.2) is 4.39 Å². The van der Waals surface area contributed by atoms with Gasteiger partial charge in [0.1, 0.15) is 5.82 Å². The molecule has 1 unspecified atom stereocenters. The second-order valence-electron chi connectivity index (χ2n) is 4.97. The first-order chi connectivity index (χ1) is 9.25. The molecule has 4 nitrogen and oxygen atoms in total. The Labute approximate surface area is 111 Å². The number of fused-ring (bicyclic) bond motifs is 1. The number of benzene rings is 1. The quantitative estimate of drug-likeness (QED) is 0.781. The minimum Gasteiger partial charge on any atom is -0.387 e. The van der Waals surface area contributed by atoms with E-state index in [0.717, 1.165) is 37.1 Å². The van der Waals surface area contributed by atoms with Crippen molar-refractivity contribution in [3.8, 4) is 0 Å². The van der Waals surface area contributed by atoms with E-state index in [2.05, 4.69) is 15.2 Å². The molecule has 5 heteroatoms. The van der Waals surface area contributed by atoms with Crippen LogP contribution in [-0.2, 0) is 0 Å². The fraction of sp³-hybridized carbons (Fsp3) is 0.429. The summed E-state index contributed by atoms with van der Waals surface area (Å²) in [5.41, 5.74) is 1.24. The van der Waals surface area contributed by atoms with E-state index in [-0.39, 0.29) is 5.82 Å². The number of aliphatic hydroxyl groups excluding tert-OH is 1. The topological polar surface area (TPSA) is 51.3 Å². The number of H-pyrrole nitrogens is 1. The number of β-amino-alcohol motifs (C(OH)–C–C–N with tert-alkyl or cyclic N) is 1. The first kappa shape index (κ1) is 12.6. The molecule has 1 fully saturated rings. The standard InChI is InChI=1S/C14H18FN3O/c15-12-3-1-2-10-11(8-17-14(10)12)13(19)9-18-6-4-16-5-7-18/h1-3,8,13,16-17,19H,4-7,9H2. The molecule has 1 aromatic heterocycles. The number of piperazine rings is 1. The van der Waals surface area contributed by atoms with Crippen LogP contribution in [0.4, 0.5) is 4.39 Å². The van der Waals surface area contributed by atoms with Crippen LogP contribution in [0, 0.1) is 5.82 Å². The van der Waals surface area contributed by atoms with Crippen LogP contribution in [0.25, 0.3) is 10.9 Å². The highest BCUT2D eigenvalue weighted by molar-refractivity contribution is 5.84. The third kappa shape index (κ3) is 2.49. The molecule has 0 amide bonds. The molecule has 0 bridgehead atoms. The number of halogens is 1. The zero-order valence-corrected chi connectivity index (χ0v) is 10.7. The number of rotatable bonds is 3. The molecule has 1 aliphatic rings. The third-order valence-electron chi connectivity index (χ3n) is 3.70. The smallest absolute Gasteiger partial charge is 0.147 e. The van der Waals surface area contributed by atoms with E-state index in [1.54, 1.807) is 12.3 Å². The number of aromatic nitrogens is 1. The lowest BCUT2D eigenvalue weighted by atomic mass is 10.1. The van der Waals surface area contributed by atoms with Gasteiger partial charge in [-0.3, -0.25) is 4.90 Å². The Bertz CT molecular complexity index is 563. The summed E-state index contributed by atoms with van der Waals surface area (Å²) in [6.45, 7) is 4.37. The molecule has 1 aliphatic heterocycles. The fourth-order valence-electron chi connectivity index (χ4n) is 2.65. The normalized spacial score (nSPS) is 18.8.